The van der Waals surface area contributed by atoms with E-state index in [4.69, 9.17) is 29.8 Å². The van der Waals surface area contributed by atoms with Crippen molar-refractivity contribution in [1.29, 1.82) is 0 Å². The predicted molar refractivity (Wildman–Crippen MR) is 83.9 cm³/mol. The van der Waals surface area contributed by atoms with Gasteiger partial charge in [-0.15, -0.1) is 0 Å². The van der Waals surface area contributed by atoms with E-state index in [0.29, 0.717) is 6.61 Å². The molecule has 1 unspecified atom stereocenters. The Kier molecular flexibility index (Phi) is 4.89. The summed E-state index contributed by atoms with van der Waals surface area (Å²) in [4.78, 5) is 11.0. The molecule has 0 radical (unpaired) electrons. The zero-order valence-corrected chi connectivity index (χ0v) is 13.8. The topological polar surface area (TPSA) is 100 Å². The average molecular weight is 337 g/mol. The third-order valence-electron chi connectivity index (χ3n) is 4.14. The van der Waals surface area contributed by atoms with Crippen LogP contribution in [-0.2, 0) is 30.3 Å². The Bertz CT molecular complexity index is 578. The van der Waals surface area contributed by atoms with Gasteiger partial charge in [0.1, 0.15) is 18.3 Å². The highest BCUT2D eigenvalue weighted by Gasteiger charge is 2.56. The van der Waals surface area contributed by atoms with Crippen molar-refractivity contribution in [2.45, 2.75) is 63.3 Å². The summed E-state index contributed by atoms with van der Waals surface area (Å²) in [5, 5.41) is 8.99. The van der Waals surface area contributed by atoms with Gasteiger partial charge in [0, 0.05) is 6.04 Å². The van der Waals surface area contributed by atoms with Crippen LogP contribution in [0.5, 0.6) is 0 Å². The number of rotatable bonds is 6. The van der Waals surface area contributed by atoms with E-state index in [1.54, 1.807) is 13.8 Å². The summed E-state index contributed by atoms with van der Waals surface area (Å²) in [6.45, 7) is 3.96. The van der Waals surface area contributed by atoms with Crippen LogP contribution in [-0.4, -0.2) is 47.5 Å². The van der Waals surface area contributed by atoms with Crippen LogP contribution in [0.1, 0.15) is 25.8 Å². The normalized spacial score (nSPS) is 32.5. The van der Waals surface area contributed by atoms with Gasteiger partial charge in [-0.2, -0.15) is 0 Å². The third kappa shape index (κ3) is 3.76. The smallest absolute Gasteiger partial charge is 0.305 e. The lowest BCUT2D eigenvalue weighted by molar-refractivity contribution is -0.221. The van der Waals surface area contributed by atoms with Gasteiger partial charge in [0.15, 0.2) is 12.1 Å². The molecule has 0 aliphatic carbocycles. The molecule has 0 aromatic heterocycles. The lowest BCUT2D eigenvalue weighted by Crippen LogP contribution is -2.47. The Morgan fingerprint density at radius 1 is 1.33 bits per heavy atom. The maximum atomic E-state index is 11.0. The Morgan fingerprint density at radius 2 is 2.04 bits per heavy atom. The van der Waals surface area contributed by atoms with Gasteiger partial charge in [0.05, 0.1) is 13.0 Å². The fourth-order valence-corrected chi connectivity index (χ4v) is 3.12. The number of carbonyl (C=O) groups is 1. The van der Waals surface area contributed by atoms with Gasteiger partial charge < -0.3 is 29.8 Å². The largest absolute Gasteiger partial charge is 0.481 e. The van der Waals surface area contributed by atoms with Crippen LogP contribution in [0.2, 0.25) is 0 Å². The summed E-state index contributed by atoms with van der Waals surface area (Å²) in [5.41, 5.74) is 7.02. The van der Waals surface area contributed by atoms with Crippen molar-refractivity contribution in [3.63, 3.8) is 0 Å². The van der Waals surface area contributed by atoms with Gasteiger partial charge in [0.25, 0.3) is 0 Å². The molecule has 3 rings (SSSR count). The maximum Gasteiger partial charge on any atom is 0.305 e. The minimum Gasteiger partial charge on any atom is -0.481 e. The summed E-state index contributed by atoms with van der Waals surface area (Å²) in [5.74, 6) is -1.75. The Morgan fingerprint density at radius 3 is 2.71 bits per heavy atom. The molecule has 7 heteroatoms. The fourth-order valence-electron chi connectivity index (χ4n) is 3.12. The molecule has 3 N–H and O–H groups in total. The van der Waals surface area contributed by atoms with E-state index in [1.807, 2.05) is 30.3 Å². The van der Waals surface area contributed by atoms with Crippen LogP contribution >= 0.6 is 0 Å². The van der Waals surface area contributed by atoms with Crippen molar-refractivity contribution in [3.8, 4) is 0 Å². The SMILES string of the molecule is CC1(C)O[C@H]2O[C@H](C(N)CC(=O)O)[C@H](OCc3ccccc3)[C@H]2O1. The summed E-state index contributed by atoms with van der Waals surface area (Å²) >= 11 is 0. The van der Waals surface area contributed by atoms with Crippen molar-refractivity contribution < 1.29 is 28.8 Å². The van der Waals surface area contributed by atoms with E-state index in [2.05, 4.69) is 0 Å². The van der Waals surface area contributed by atoms with E-state index in [9.17, 15) is 4.79 Å². The van der Waals surface area contributed by atoms with Crippen molar-refractivity contribution in [3.05, 3.63) is 35.9 Å². The molecule has 132 valence electrons. The van der Waals surface area contributed by atoms with Gasteiger partial charge in [-0.1, -0.05) is 30.3 Å². The van der Waals surface area contributed by atoms with Gasteiger partial charge in [-0.3, -0.25) is 4.79 Å². The molecule has 2 aliphatic heterocycles. The number of carboxylic acid groups (broad SMARTS) is 1. The van der Waals surface area contributed by atoms with Crippen LogP contribution in [0.4, 0.5) is 0 Å². The van der Waals surface area contributed by atoms with Gasteiger partial charge >= 0.3 is 5.97 Å². The number of hydrogen-bond donors (Lipinski definition) is 2. The maximum absolute atomic E-state index is 11.0. The molecule has 0 spiro atoms. The van der Waals surface area contributed by atoms with E-state index >= 15 is 0 Å². The fraction of sp³-hybridized carbons (Fsp3) is 0.588. The minimum absolute atomic E-state index is 0.210. The van der Waals surface area contributed by atoms with E-state index < -0.39 is 42.4 Å². The van der Waals surface area contributed by atoms with Crippen LogP contribution in [0, 0.1) is 0 Å². The lowest BCUT2D eigenvalue weighted by atomic mass is 10.0. The molecule has 0 bridgehead atoms. The van der Waals surface area contributed by atoms with Crippen LogP contribution in [0.25, 0.3) is 0 Å². The first-order valence-electron chi connectivity index (χ1n) is 8.00. The van der Waals surface area contributed by atoms with Crippen LogP contribution in [0.3, 0.4) is 0 Å². The standard InChI is InChI=1S/C17H23NO6/c1-17(2)23-15-14(21-9-10-6-4-3-5-7-10)13(22-16(15)24-17)11(18)8-12(19)20/h3-7,11,13-16H,8-9,18H2,1-2H3,(H,19,20)/t11?,13-,14+,15-,16-/m1/s1. The molecule has 2 fully saturated rings. The molecule has 5 atom stereocenters. The quantitative estimate of drug-likeness (QED) is 0.806. The molecule has 7 nitrogen and oxygen atoms in total. The number of fused-ring (bicyclic) bond motifs is 1. The number of hydrogen-bond acceptors (Lipinski definition) is 6. The minimum atomic E-state index is -0.980. The monoisotopic (exact) mass is 337 g/mol. The molecule has 24 heavy (non-hydrogen) atoms. The molecule has 2 heterocycles. The number of aliphatic carboxylic acids is 1. The first-order valence-corrected chi connectivity index (χ1v) is 8.00. The second-order valence-electron chi connectivity index (χ2n) is 6.59. The van der Waals surface area contributed by atoms with E-state index in [0.717, 1.165) is 5.56 Å². The Labute approximate surface area is 140 Å². The zero-order chi connectivity index (χ0) is 17.3. The van der Waals surface area contributed by atoms with Gasteiger partial charge in [0.2, 0.25) is 0 Å². The average Bonchev–Trinajstić information content (AvgIpc) is 2.97. The van der Waals surface area contributed by atoms with Crippen molar-refractivity contribution in [2.24, 2.45) is 5.73 Å². The number of ether oxygens (including phenoxy) is 4. The predicted octanol–water partition coefficient (Wildman–Crippen LogP) is 1.25. The van der Waals surface area contributed by atoms with Crippen molar-refractivity contribution in [1.82, 2.24) is 0 Å². The zero-order valence-electron chi connectivity index (χ0n) is 13.8. The highest BCUT2D eigenvalue weighted by atomic mass is 16.8. The van der Waals surface area contributed by atoms with Gasteiger partial charge in [-0.05, 0) is 19.4 Å². The number of carboxylic acids is 1. The number of benzene rings is 1. The highest BCUT2D eigenvalue weighted by Crippen LogP contribution is 2.40. The molecule has 0 saturated carbocycles. The lowest BCUT2D eigenvalue weighted by Gasteiger charge is -2.28. The van der Waals surface area contributed by atoms with Crippen molar-refractivity contribution >= 4 is 5.97 Å². The molecule has 1 aromatic carbocycles. The molecular weight excluding hydrogens is 314 g/mol. The van der Waals surface area contributed by atoms with Crippen molar-refractivity contribution in [2.75, 3.05) is 0 Å². The second-order valence-corrected chi connectivity index (χ2v) is 6.59. The van der Waals surface area contributed by atoms with E-state index in [1.165, 1.54) is 0 Å². The molecule has 2 aliphatic rings. The Hall–Kier alpha value is -1.51. The summed E-state index contributed by atoms with van der Waals surface area (Å²) in [7, 11) is 0. The first kappa shape index (κ1) is 17.3. The molecular formula is C17H23NO6. The summed E-state index contributed by atoms with van der Waals surface area (Å²) < 4.78 is 23.4. The molecule has 2 saturated heterocycles. The van der Waals surface area contributed by atoms with Gasteiger partial charge in [-0.25, -0.2) is 0 Å². The van der Waals surface area contributed by atoms with E-state index in [-0.39, 0.29) is 6.42 Å². The molecule has 1 aromatic rings. The summed E-state index contributed by atoms with van der Waals surface area (Å²) in [6.07, 6.45) is -2.35. The van der Waals surface area contributed by atoms with Crippen LogP contribution in [0.15, 0.2) is 30.3 Å². The van der Waals surface area contributed by atoms with Crippen LogP contribution < -0.4 is 5.73 Å². The third-order valence-corrected chi connectivity index (χ3v) is 4.14. The second kappa shape index (κ2) is 6.78. The first-order chi connectivity index (χ1) is 11.4. The molecule has 0 amide bonds. The summed E-state index contributed by atoms with van der Waals surface area (Å²) in [6, 6.07) is 8.99. The number of nitrogens with two attached hydrogens (primary N) is 1. The highest BCUT2D eigenvalue weighted by molar-refractivity contribution is 5.67. The Balaban J connectivity index is 1.72.